The summed E-state index contributed by atoms with van der Waals surface area (Å²) >= 11 is 0. The highest BCUT2D eigenvalue weighted by Crippen LogP contribution is 2.62. The van der Waals surface area contributed by atoms with Gasteiger partial charge in [-0.1, -0.05) is 39.0 Å². The van der Waals surface area contributed by atoms with Gasteiger partial charge < -0.3 is 0 Å². The first-order chi connectivity index (χ1) is 8.47. The largest absolute Gasteiger partial charge is 0.292 e. The Morgan fingerprint density at radius 2 is 1.83 bits per heavy atom. The van der Waals surface area contributed by atoms with Crippen molar-refractivity contribution < 1.29 is 4.79 Å². The van der Waals surface area contributed by atoms with Gasteiger partial charge >= 0.3 is 0 Å². The maximum Gasteiger partial charge on any atom is 0.183 e. The zero-order chi connectivity index (χ0) is 13.0. The summed E-state index contributed by atoms with van der Waals surface area (Å²) in [5, 5.41) is 0. The number of nitrogens with zero attached hydrogens (tertiary/aromatic N) is 1. The van der Waals surface area contributed by atoms with Gasteiger partial charge in [0.2, 0.25) is 0 Å². The molecule has 1 aromatic carbocycles. The summed E-state index contributed by atoms with van der Waals surface area (Å²) in [7, 11) is 0. The molecule has 0 aromatic heterocycles. The molecule has 2 saturated carbocycles. The summed E-state index contributed by atoms with van der Waals surface area (Å²) in [5.74, 6) is 0.600. The number of aliphatic imine (C=N–C) groups is 1. The van der Waals surface area contributed by atoms with Crippen LogP contribution in [0.3, 0.4) is 0 Å². The third-order valence-electron chi connectivity index (χ3n) is 5.30. The van der Waals surface area contributed by atoms with E-state index in [9.17, 15) is 4.79 Å². The normalized spacial score (nSPS) is 35.4. The minimum atomic E-state index is -0.203. The van der Waals surface area contributed by atoms with E-state index in [1.165, 1.54) is 0 Å². The van der Waals surface area contributed by atoms with Crippen LogP contribution in [-0.4, -0.2) is 11.5 Å². The molecule has 3 rings (SSSR count). The second kappa shape index (κ2) is 3.53. The maximum atomic E-state index is 12.6. The lowest BCUT2D eigenvalue weighted by Gasteiger charge is -2.31. The van der Waals surface area contributed by atoms with Gasteiger partial charge in [-0.25, -0.2) is 4.99 Å². The molecular weight excluding hydrogens is 222 g/mol. The number of rotatable bonds is 1. The summed E-state index contributed by atoms with van der Waals surface area (Å²) in [6.45, 7) is 6.55. The van der Waals surface area contributed by atoms with Crippen LogP contribution in [0.25, 0.3) is 0 Å². The van der Waals surface area contributed by atoms with Crippen molar-refractivity contribution in [2.75, 3.05) is 0 Å². The molecule has 2 bridgehead atoms. The third kappa shape index (κ3) is 1.29. The topological polar surface area (TPSA) is 29.4 Å². The summed E-state index contributed by atoms with van der Waals surface area (Å²) in [4.78, 5) is 17.2. The van der Waals surface area contributed by atoms with Crippen molar-refractivity contribution in [3.8, 4) is 0 Å². The lowest BCUT2D eigenvalue weighted by atomic mass is 9.70. The number of hydrogen-bond acceptors (Lipinski definition) is 2. The van der Waals surface area contributed by atoms with E-state index >= 15 is 0 Å². The van der Waals surface area contributed by atoms with Gasteiger partial charge in [0.25, 0.3) is 0 Å². The van der Waals surface area contributed by atoms with Crippen molar-refractivity contribution in [3.63, 3.8) is 0 Å². The first-order valence-electron chi connectivity index (χ1n) is 6.65. The monoisotopic (exact) mass is 241 g/mol. The van der Waals surface area contributed by atoms with Crippen molar-refractivity contribution >= 4 is 17.2 Å². The molecule has 18 heavy (non-hydrogen) atoms. The highest BCUT2D eigenvalue weighted by molar-refractivity contribution is 6.46. The van der Waals surface area contributed by atoms with Crippen LogP contribution < -0.4 is 0 Å². The van der Waals surface area contributed by atoms with Crippen LogP contribution in [0.5, 0.6) is 0 Å². The summed E-state index contributed by atoms with van der Waals surface area (Å²) in [6, 6.07) is 9.81. The van der Waals surface area contributed by atoms with E-state index in [-0.39, 0.29) is 16.6 Å². The van der Waals surface area contributed by atoms with Crippen LogP contribution in [0.4, 0.5) is 5.69 Å². The molecule has 0 radical (unpaired) electrons. The van der Waals surface area contributed by atoms with Gasteiger partial charge in [0, 0.05) is 11.3 Å². The van der Waals surface area contributed by atoms with E-state index in [1.54, 1.807) is 0 Å². The first kappa shape index (κ1) is 11.6. The second-order valence-corrected chi connectivity index (χ2v) is 6.31. The number of ketones is 1. The van der Waals surface area contributed by atoms with Crippen LogP contribution >= 0.6 is 0 Å². The van der Waals surface area contributed by atoms with Crippen molar-refractivity contribution in [1.29, 1.82) is 0 Å². The predicted molar refractivity (Wildman–Crippen MR) is 73.2 cm³/mol. The number of fused-ring (bicyclic) bond motifs is 2. The van der Waals surface area contributed by atoms with Crippen LogP contribution in [0.2, 0.25) is 0 Å². The number of carbonyl (C=O) groups excluding carboxylic acids is 1. The van der Waals surface area contributed by atoms with Gasteiger partial charge in [0.05, 0.1) is 11.4 Å². The summed E-state index contributed by atoms with van der Waals surface area (Å²) in [6.07, 6.45) is 2.11. The molecule has 0 saturated heterocycles. The molecule has 1 aromatic rings. The number of carbonyl (C=O) groups is 1. The second-order valence-electron chi connectivity index (χ2n) is 6.31. The van der Waals surface area contributed by atoms with E-state index in [0.717, 1.165) is 24.2 Å². The lowest BCUT2D eigenvalue weighted by Crippen LogP contribution is -2.33. The van der Waals surface area contributed by atoms with E-state index in [4.69, 9.17) is 0 Å². The zero-order valence-corrected chi connectivity index (χ0v) is 11.2. The van der Waals surface area contributed by atoms with Crippen LogP contribution in [0.15, 0.2) is 35.3 Å². The Labute approximate surface area is 108 Å². The van der Waals surface area contributed by atoms with E-state index in [2.05, 4.69) is 25.8 Å². The molecule has 2 fully saturated rings. The average molecular weight is 241 g/mol. The average Bonchev–Trinajstić information content (AvgIpc) is 2.65. The molecule has 2 heteroatoms. The van der Waals surface area contributed by atoms with Gasteiger partial charge in [-0.2, -0.15) is 0 Å². The highest BCUT2D eigenvalue weighted by Gasteiger charge is 2.64. The van der Waals surface area contributed by atoms with Gasteiger partial charge in [-0.3, -0.25) is 4.79 Å². The van der Waals surface area contributed by atoms with E-state index < -0.39 is 0 Å². The molecule has 94 valence electrons. The molecule has 0 heterocycles. The Bertz CT molecular complexity index is 529. The Kier molecular flexibility index (Phi) is 2.28. The van der Waals surface area contributed by atoms with Crippen LogP contribution in [0, 0.1) is 16.7 Å². The summed E-state index contributed by atoms with van der Waals surface area (Å²) < 4.78 is 0. The Morgan fingerprint density at radius 1 is 1.17 bits per heavy atom. The molecule has 0 amide bonds. The van der Waals surface area contributed by atoms with Crippen LogP contribution in [-0.2, 0) is 4.79 Å². The lowest BCUT2D eigenvalue weighted by molar-refractivity contribution is -0.123. The van der Waals surface area contributed by atoms with Crippen molar-refractivity contribution in [1.82, 2.24) is 0 Å². The van der Waals surface area contributed by atoms with Gasteiger partial charge in [0.15, 0.2) is 5.78 Å². The fraction of sp³-hybridized carbons (Fsp3) is 0.500. The molecule has 2 aliphatic carbocycles. The molecule has 2 aliphatic rings. The highest BCUT2D eigenvalue weighted by atomic mass is 16.1. The molecular formula is C16H19NO. The number of hydrogen-bond donors (Lipinski definition) is 0. The number of benzene rings is 1. The molecule has 0 N–H and O–H groups in total. The van der Waals surface area contributed by atoms with Gasteiger partial charge in [-0.15, -0.1) is 0 Å². The molecule has 2 unspecified atom stereocenters. The van der Waals surface area contributed by atoms with Crippen molar-refractivity contribution in [2.24, 2.45) is 21.7 Å². The molecule has 2 nitrogen and oxygen atoms in total. The van der Waals surface area contributed by atoms with Gasteiger partial charge in [0.1, 0.15) is 0 Å². The maximum absolute atomic E-state index is 12.6. The standard InChI is InChI=1S/C16H19NO/c1-15(2)12-9-10-16(15,3)14(18)13(12)17-11-7-5-4-6-8-11/h4-8,12H,9-10H2,1-3H3. The fourth-order valence-corrected chi connectivity index (χ4v) is 3.60. The predicted octanol–water partition coefficient (Wildman–Crippen LogP) is 3.78. The Hall–Kier alpha value is -1.44. The minimum absolute atomic E-state index is 0.0533. The fourth-order valence-electron chi connectivity index (χ4n) is 3.60. The Balaban J connectivity index is 2.07. The summed E-state index contributed by atoms with van der Waals surface area (Å²) in [5.41, 5.74) is 1.55. The van der Waals surface area contributed by atoms with Gasteiger partial charge in [-0.05, 0) is 30.4 Å². The first-order valence-corrected chi connectivity index (χ1v) is 6.65. The number of para-hydroxylation sites is 1. The van der Waals surface area contributed by atoms with Crippen LogP contribution in [0.1, 0.15) is 33.6 Å². The third-order valence-corrected chi connectivity index (χ3v) is 5.30. The Morgan fingerprint density at radius 3 is 2.39 bits per heavy atom. The van der Waals surface area contributed by atoms with E-state index in [0.29, 0.717) is 5.92 Å². The van der Waals surface area contributed by atoms with Crippen molar-refractivity contribution in [3.05, 3.63) is 30.3 Å². The minimum Gasteiger partial charge on any atom is -0.292 e. The molecule has 2 atom stereocenters. The SMILES string of the molecule is CC12CCC(C(=Nc3ccccc3)C1=O)C2(C)C. The smallest absolute Gasteiger partial charge is 0.183 e. The quantitative estimate of drug-likeness (QED) is 0.735. The van der Waals surface area contributed by atoms with E-state index in [1.807, 2.05) is 30.3 Å². The molecule has 0 spiro atoms. The number of Topliss-reactive ketones (excluding diaryl/α,β-unsaturated/α-hetero) is 1. The van der Waals surface area contributed by atoms with Crippen molar-refractivity contribution in [2.45, 2.75) is 33.6 Å². The molecule has 0 aliphatic heterocycles. The zero-order valence-electron chi connectivity index (χ0n) is 11.2.